The van der Waals surface area contributed by atoms with Crippen molar-refractivity contribution in [1.82, 2.24) is 4.98 Å². The number of nitrogen functional groups attached to an aromatic ring is 1. The molecule has 0 unspecified atom stereocenters. The van der Waals surface area contributed by atoms with Crippen LogP contribution in [0.2, 0.25) is 0 Å². The predicted octanol–water partition coefficient (Wildman–Crippen LogP) is 3.81. The van der Waals surface area contributed by atoms with Crippen LogP contribution in [-0.2, 0) is 0 Å². The molecule has 1 heterocycles. The molecule has 0 bridgehead atoms. The van der Waals surface area contributed by atoms with Crippen LogP contribution in [-0.4, -0.2) is 11.5 Å². The molecule has 1 fully saturated rings. The second-order valence-corrected chi connectivity index (χ2v) is 5.73. The van der Waals surface area contributed by atoms with Crippen molar-refractivity contribution in [2.24, 2.45) is 5.92 Å². The molecule has 0 amide bonds. The maximum atomic E-state index is 5.87. The van der Waals surface area contributed by atoms with Crippen molar-refractivity contribution in [2.75, 3.05) is 17.6 Å². The average Bonchev–Trinajstić information content (AvgIpc) is 2.79. The molecule has 3 nitrogen and oxygen atoms in total. The van der Waals surface area contributed by atoms with Crippen LogP contribution in [0.4, 0.5) is 11.5 Å². The van der Waals surface area contributed by atoms with Crippen molar-refractivity contribution in [3.63, 3.8) is 0 Å². The van der Waals surface area contributed by atoms with E-state index < -0.39 is 0 Å². The maximum absolute atomic E-state index is 5.87. The molecule has 0 spiro atoms. The number of hydrogen-bond acceptors (Lipinski definition) is 3. The highest BCUT2D eigenvalue weighted by Gasteiger charge is 2.13. The highest BCUT2D eigenvalue weighted by Crippen LogP contribution is 2.28. The molecule has 1 aromatic rings. The Balaban J connectivity index is 1.70. The minimum atomic E-state index is 0.709. The summed E-state index contributed by atoms with van der Waals surface area (Å²) < 4.78 is 0.923. The third-order valence-corrected chi connectivity index (χ3v) is 3.87. The predicted molar refractivity (Wildman–Crippen MR) is 76.0 cm³/mol. The van der Waals surface area contributed by atoms with Gasteiger partial charge in [0.15, 0.2) is 0 Å². The van der Waals surface area contributed by atoms with Crippen LogP contribution in [0.5, 0.6) is 0 Å². The van der Waals surface area contributed by atoms with Crippen LogP contribution in [0.1, 0.15) is 38.5 Å². The SMILES string of the molecule is Nc1cc(Br)cnc1NCCCC1CCCC1. The molecule has 17 heavy (non-hydrogen) atoms. The fourth-order valence-corrected chi connectivity index (χ4v) is 2.85. The van der Waals surface area contributed by atoms with Crippen LogP contribution in [0, 0.1) is 5.92 Å². The van der Waals surface area contributed by atoms with E-state index in [2.05, 4.69) is 26.2 Å². The zero-order valence-electron chi connectivity index (χ0n) is 10.1. The second-order valence-electron chi connectivity index (χ2n) is 4.81. The Kier molecular flexibility index (Phi) is 4.66. The Bertz CT molecular complexity index is 362. The van der Waals surface area contributed by atoms with E-state index in [1.807, 2.05) is 6.07 Å². The van der Waals surface area contributed by atoms with Crippen molar-refractivity contribution < 1.29 is 0 Å². The van der Waals surface area contributed by atoms with Gasteiger partial charge in [-0.25, -0.2) is 4.98 Å². The summed E-state index contributed by atoms with van der Waals surface area (Å²) >= 11 is 3.35. The van der Waals surface area contributed by atoms with E-state index in [4.69, 9.17) is 5.73 Å². The smallest absolute Gasteiger partial charge is 0.149 e. The number of anilines is 2. The lowest BCUT2D eigenvalue weighted by Gasteiger charge is -2.11. The van der Waals surface area contributed by atoms with Crippen LogP contribution in [0.3, 0.4) is 0 Å². The van der Waals surface area contributed by atoms with E-state index >= 15 is 0 Å². The zero-order chi connectivity index (χ0) is 12.1. The number of nitrogens with zero attached hydrogens (tertiary/aromatic N) is 1. The van der Waals surface area contributed by atoms with Gasteiger partial charge in [-0.1, -0.05) is 25.7 Å². The van der Waals surface area contributed by atoms with Gasteiger partial charge in [0.25, 0.3) is 0 Å². The molecular formula is C13H20BrN3. The van der Waals surface area contributed by atoms with E-state index in [0.717, 1.165) is 22.8 Å². The fraction of sp³-hybridized carbons (Fsp3) is 0.615. The molecule has 3 N–H and O–H groups in total. The van der Waals surface area contributed by atoms with E-state index in [9.17, 15) is 0 Å². The third kappa shape index (κ3) is 3.87. The van der Waals surface area contributed by atoms with Crippen molar-refractivity contribution in [2.45, 2.75) is 38.5 Å². The van der Waals surface area contributed by atoms with Crippen LogP contribution < -0.4 is 11.1 Å². The van der Waals surface area contributed by atoms with Crippen molar-refractivity contribution in [1.29, 1.82) is 0 Å². The first-order valence-electron chi connectivity index (χ1n) is 6.40. The Morgan fingerprint density at radius 3 is 2.88 bits per heavy atom. The van der Waals surface area contributed by atoms with Gasteiger partial charge in [-0.2, -0.15) is 0 Å². The lowest BCUT2D eigenvalue weighted by atomic mass is 10.0. The number of hydrogen-bond donors (Lipinski definition) is 2. The molecule has 94 valence electrons. The van der Waals surface area contributed by atoms with Crippen molar-refractivity contribution in [3.8, 4) is 0 Å². The van der Waals surface area contributed by atoms with Gasteiger partial charge in [0, 0.05) is 17.2 Å². The minimum Gasteiger partial charge on any atom is -0.396 e. The standard InChI is InChI=1S/C13H20BrN3/c14-11-8-12(15)13(17-9-11)16-7-3-6-10-4-1-2-5-10/h8-10H,1-7,15H2,(H,16,17). The number of halogens is 1. The first kappa shape index (κ1) is 12.7. The quantitative estimate of drug-likeness (QED) is 0.813. The molecule has 0 aliphatic heterocycles. The van der Waals surface area contributed by atoms with Gasteiger partial charge in [0.1, 0.15) is 5.82 Å². The van der Waals surface area contributed by atoms with Crippen molar-refractivity contribution in [3.05, 3.63) is 16.7 Å². The molecule has 0 saturated heterocycles. The van der Waals surface area contributed by atoms with Gasteiger partial charge in [-0.15, -0.1) is 0 Å². The first-order chi connectivity index (χ1) is 8.25. The van der Waals surface area contributed by atoms with E-state index in [1.165, 1.54) is 38.5 Å². The summed E-state index contributed by atoms with van der Waals surface area (Å²) in [7, 11) is 0. The lowest BCUT2D eigenvalue weighted by Crippen LogP contribution is -2.07. The summed E-state index contributed by atoms with van der Waals surface area (Å²) in [6.07, 6.45) is 10.0. The first-order valence-corrected chi connectivity index (χ1v) is 7.20. The molecule has 2 rings (SSSR count). The number of nitrogens with two attached hydrogens (primary N) is 1. The minimum absolute atomic E-state index is 0.709. The maximum Gasteiger partial charge on any atom is 0.149 e. The Hall–Kier alpha value is -0.770. The number of nitrogens with one attached hydrogen (secondary N) is 1. The molecule has 4 heteroatoms. The number of pyridine rings is 1. The summed E-state index contributed by atoms with van der Waals surface area (Å²) in [6, 6.07) is 1.88. The van der Waals surface area contributed by atoms with E-state index in [-0.39, 0.29) is 0 Å². The van der Waals surface area contributed by atoms with Gasteiger partial charge < -0.3 is 11.1 Å². The summed E-state index contributed by atoms with van der Waals surface area (Å²) in [6.45, 7) is 0.968. The highest BCUT2D eigenvalue weighted by atomic mass is 79.9. The van der Waals surface area contributed by atoms with Crippen LogP contribution >= 0.6 is 15.9 Å². The number of rotatable bonds is 5. The van der Waals surface area contributed by atoms with E-state index in [1.54, 1.807) is 6.20 Å². The second kappa shape index (κ2) is 6.24. The monoisotopic (exact) mass is 297 g/mol. The molecule has 0 aromatic carbocycles. The molecule has 1 aliphatic carbocycles. The molecule has 1 aliphatic rings. The van der Waals surface area contributed by atoms with Crippen molar-refractivity contribution >= 4 is 27.4 Å². The van der Waals surface area contributed by atoms with E-state index in [0.29, 0.717) is 5.69 Å². The summed E-state index contributed by atoms with van der Waals surface area (Å²) in [5.41, 5.74) is 6.58. The van der Waals surface area contributed by atoms with Crippen LogP contribution in [0.15, 0.2) is 16.7 Å². The molecule has 0 radical (unpaired) electrons. The topological polar surface area (TPSA) is 50.9 Å². The van der Waals surface area contributed by atoms with Gasteiger partial charge in [-0.3, -0.25) is 0 Å². The molecule has 1 aromatic heterocycles. The zero-order valence-corrected chi connectivity index (χ0v) is 11.7. The summed E-state index contributed by atoms with van der Waals surface area (Å²) in [4.78, 5) is 4.26. The Morgan fingerprint density at radius 1 is 1.41 bits per heavy atom. The van der Waals surface area contributed by atoms with Gasteiger partial charge in [0.05, 0.1) is 5.69 Å². The Labute approximate surface area is 111 Å². The molecule has 1 saturated carbocycles. The largest absolute Gasteiger partial charge is 0.396 e. The summed E-state index contributed by atoms with van der Waals surface area (Å²) in [5.74, 6) is 1.77. The lowest BCUT2D eigenvalue weighted by molar-refractivity contribution is 0.491. The van der Waals surface area contributed by atoms with Gasteiger partial charge >= 0.3 is 0 Å². The van der Waals surface area contributed by atoms with Crippen LogP contribution in [0.25, 0.3) is 0 Å². The normalized spacial score (nSPS) is 16.3. The number of aromatic nitrogens is 1. The Morgan fingerprint density at radius 2 is 2.18 bits per heavy atom. The molecular weight excluding hydrogens is 278 g/mol. The average molecular weight is 298 g/mol. The third-order valence-electron chi connectivity index (χ3n) is 3.44. The summed E-state index contributed by atoms with van der Waals surface area (Å²) in [5, 5.41) is 3.31. The molecule has 0 atom stereocenters. The highest BCUT2D eigenvalue weighted by molar-refractivity contribution is 9.10. The van der Waals surface area contributed by atoms with Gasteiger partial charge in [-0.05, 0) is 40.8 Å². The van der Waals surface area contributed by atoms with Gasteiger partial charge in [0.2, 0.25) is 0 Å². The fourth-order valence-electron chi connectivity index (χ4n) is 2.50.